The normalized spacial score (nSPS) is 10.2. The van der Waals surface area contributed by atoms with Crippen molar-refractivity contribution < 1.29 is 14.6 Å². The van der Waals surface area contributed by atoms with Gasteiger partial charge in [0.05, 0.1) is 19.2 Å². The number of ether oxygens (including phenoxy) is 1. The van der Waals surface area contributed by atoms with Gasteiger partial charge in [0, 0.05) is 12.6 Å². The van der Waals surface area contributed by atoms with Crippen molar-refractivity contribution in [3.63, 3.8) is 0 Å². The zero-order valence-corrected chi connectivity index (χ0v) is 11.8. The summed E-state index contributed by atoms with van der Waals surface area (Å²) in [7, 11) is 1.51. The van der Waals surface area contributed by atoms with Crippen molar-refractivity contribution in [2.24, 2.45) is 5.73 Å². The Morgan fingerprint density at radius 2 is 1.95 bits per heavy atom. The van der Waals surface area contributed by atoms with Crippen LogP contribution in [0.25, 0.3) is 0 Å². The number of carbonyl (C=O) groups is 1. The molecule has 21 heavy (non-hydrogen) atoms. The summed E-state index contributed by atoms with van der Waals surface area (Å²) in [4.78, 5) is 12.1. The molecule has 4 N–H and O–H groups in total. The fourth-order valence-corrected chi connectivity index (χ4v) is 2.04. The summed E-state index contributed by atoms with van der Waals surface area (Å²) >= 11 is 0. The van der Waals surface area contributed by atoms with Gasteiger partial charge >= 0.3 is 0 Å². The molecule has 2 rings (SSSR count). The molecule has 0 bridgehead atoms. The Hall–Kier alpha value is -2.53. The van der Waals surface area contributed by atoms with Crippen molar-refractivity contribution in [2.75, 3.05) is 12.4 Å². The number of hydrogen-bond donors (Lipinski definition) is 3. The summed E-state index contributed by atoms with van der Waals surface area (Å²) in [5.74, 6) is 0.283. The summed E-state index contributed by atoms with van der Waals surface area (Å²) in [6, 6.07) is 12.2. The van der Waals surface area contributed by atoms with Crippen LogP contribution in [0, 0.1) is 0 Å². The maximum absolute atomic E-state index is 12.1. The molecule has 0 fully saturated rings. The second-order valence-corrected chi connectivity index (χ2v) is 4.58. The third kappa shape index (κ3) is 3.73. The first kappa shape index (κ1) is 14.9. The average Bonchev–Trinajstić information content (AvgIpc) is 2.49. The minimum absolute atomic E-state index is 0.0326. The SMILES string of the molecule is COc1ccc(NC(=O)Cc2ccccc2CN)c(O)c1. The van der Waals surface area contributed by atoms with Crippen LogP contribution in [0.5, 0.6) is 11.5 Å². The number of carbonyl (C=O) groups excluding carboxylic acids is 1. The molecule has 2 aromatic carbocycles. The summed E-state index contributed by atoms with van der Waals surface area (Å²) in [6.07, 6.45) is 0.207. The maximum atomic E-state index is 12.1. The molecule has 0 unspecified atom stereocenters. The highest BCUT2D eigenvalue weighted by molar-refractivity contribution is 5.93. The van der Waals surface area contributed by atoms with E-state index >= 15 is 0 Å². The van der Waals surface area contributed by atoms with Gasteiger partial charge in [-0.2, -0.15) is 0 Å². The largest absolute Gasteiger partial charge is 0.506 e. The van der Waals surface area contributed by atoms with Gasteiger partial charge in [0.25, 0.3) is 0 Å². The van der Waals surface area contributed by atoms with E-state index in [0.29, 0.717) is 18.0 Å². The van der Waals surface area contributed by atoms with E-state index in [4.69, 9.17) is 10.5 Å². The first-order valence-corrected chi connectivity index (χ1v) is 6.57. The summed E-state index contributed by atoms with van der Waals surface area (Å²) in [5.41, 5.74) is 7.82. The van der Waals surface area contributed by atoms with Crippen LogP contribution in [0.2, 0.25) is 0 Å². The van der Waals surface area contributed by atoms with E-state index in [2.05, 4.69) is 5.32 Å². The van der Waals surface area contributed by atoms with Crippen molar-refractivity contribution in [1.82, 2.24) is 0 Å². The number of phenolic OH excluding ortho intramolecular Hbond substituents is 1. The van der Waals surface area contributed by atoms with E-state index in [1.54, 1.807) is 12.1 Å². The van der Waals surface area contributed by atoms with Crippen LogP contribution in [-0.4, -0.2) is 18.1 Å². The summed E-state index contributed by atoms with van der Waals surface area (Å²) < 4.78 is 4.99. The second kappa shape index (κ2) is 6.76. The highest BCUT2D eigenvalue weighted by Gasteiger charge is 2.10. The van der Waals surface area contributed by atoms with Gasteiger partial charge < -0.3 is 20.9 Å². The number of amides is 1. The molecule has 5 heteroatoms. The highest BCUT2D eigenvalue weighted by Crippen LogP contribution is 2.28. The Morgan fingerprint density at radius 1 is 1.24 bits per heavy atom. The Morgan fingerprint density at radius 3 is 2.57 bits per heavy atom. The molecule has 0 aliphatic rings. The number of anilines is 1. The summed E-state index contributed by atoms with van der Waals surface area (Å²) in [5, 5.41) is 12.5. The first-order valence-electron chi connectivity index (χ1n) is 6.57. The van der Waals surface area contributed by atoms with Gasteiger partial charge in [-0.3, -0.25) is 4.79 Å². The van der Waals surface area contributed by atoms with Gasteiger partial charge in [-0.1, -0.05) is 24.3 Å². The van der Waals surface area contributed by atoms with E-state index in [1.165, 1.54) is 13.2 Å². The molecular weight excluding hydrogens is 268 g/mol. The molecule has 0 aliphatic carbocycles. The smallest absolute Gasteiger partial charge is 0.228 e. The Labute approximate surface area is 123 Å². The predicted molar refractivity (Wildman–Crippen MR) is 81.3 cm³/mol. The molecule has 0 aromatic heterocycles. The molecule has 0 spiro atoms. The fourth-order valence-electron chi connectivity index (χ4n) is 2.04. The lowest BCUT2D eigenvalue weighted by molar-refractivity contribution is -0.115. The summed E-state index contributed by atoms with van der Waals surface area (Å²) in [6.45, 7) is 0.386. The van der Waals surface area contributed by atoms with Gasteiger partial charge in [0.15, 0.2) is 0 Å². The molecule has 2 aromatic rings. The minimum atomic E-state index is -0.212. The van der Waals surface area contributed by atoms with E-state index in [-0.39, 0.29) is 18.1 Å². The lowest BCUT2D eigenvalue weighted by Gasteiger charge is -2.10. The zero-order chi connectivity index (χ0) is 15.2. The number of rotatable bonds is 5. The first-order chi connectivity index (χ1) is 10.1. The fraction of sp³-hybridized carbons (Fsp3) is 0.188. The lowest BCUT2D eigenvalue weighted by atomic mass is 10.0. The molecule has 0 radical (unpaired) electrons. The zero-order valence-electron chi connectivity index (χ0n) is 11.8. The van der Waals surface area contributed by atoms with Crippen LogP contribution >= 0.6 is 0 Å². The lowest BCUT2D eigenvalue weighted by Crippen LogP contribution is -2.16. The number of nitrogens with one attached hydrogen (secondary N) is 1. The van der Waals surface area contributed by atoms with Crippen LogP contribution in [0.4, 0.5) is 5.69 Å². The van der Waals surface area contributed by atoms with Crippen molar-refractivity contribution in [1.29, 1.82) is 0 Å². The molecule has 0 aliphatic heterocycles. The number of nitrogens with two attached hydrogens (primary N) is 1. The number of aromatic hydroxyl groups is 1. The number of hydrogen-bond acceptors (Lipinski definition) is 4. The van der Waals surface area contributed by atoms with Gasteiger partial charge in [-0.15, -0.1) is 0 Å². The number of methoxy groups -OCH3 is 1. The molecule has 0 atom stereocenters. The van der Waals surface area contributed by atoms with Gasteiger partial charge in [0.1, 0.15) is 11.5 Å². The molecule has 5 nitrogen and oxygen atoms in total. The van der Waals surface area contributed by atoms with Crippen LogP contribution in [0.3, 0.4) is 0 Å². The van der Waals surface area contributed by atoms with Crippen molar-refractivity contribution in [2.45, 2.75) is 13.0 Å². The standard InChI is InChI=1S/C16H18N2O3/c1-21-13-6-7-14(15(19)9-13)18-16(20)8-11-4-2-3-5-12(11)10-17/h2-7,9,19H,8,10,17H2,1H3,(H,18,20). The Kier molecular flexibility index (Phi) is 4.79. The van der Waals surface area contributed by atoms with Crippen LogP contribution < -0.4 is 15.8 Å². The maximum Gasteiger partial charge on any atom is 0.228 e. The topological polar surface area (TPSA) is 84.6 Å². The second-order valence-electron chi connectivity index (χ2n) is 4.58. The molecule has 110 valence electrons. The van der Waals surface area contributed by atoms with Crippen molar-refractivity contribution in [3.8, 4) is 11.5 Å². The minimum Gasteiger partial charge on any atom is -0.506 e. The predicted octanol–water partition coefficient (Wildman–Crippen LogP) is 2.04. The van der Waals surface area contributed by atoms with Gasteiger partial charge in [-0.05, 0) is 23.3 Å². The van der Waals surface area contributed by atoms with E-state index < -0.39 is 0 Å². The van der Waals surface area contributed by atoms with Crippen molar-refractivity contribution >= 4 is 11.6 Å². The molecule has 0 saturated heterocycles. The molecular formula is C16H18N2O3. The van der Waals surface area contributed by atoms with Crippen LogP contribution in [0.1, 0.15) is 11.1 Å². The van der Waals surface area contributed by atoms with Crippen LogP contribution in [0.15, 0.2) is 42.5 Å². The number of benzene rings is 2. The van der Waals surface area contributed by atoms with E-state index in [1.807, 2.05) is 24.3 Å². The van der Waals surface area contributed by atoms with E-state index in [9.17, 15) is 9.90 Å². The monoisotopic (exact) mass is 286 g/mol. The van der Waals surface area contributed by atoms with Crippen LogP contribution in [-0.2, 0) is 17.8 Å². The third-order valence-electron chi connectivity index (χ3n) is 3.17. The quantitative estimate of drug-likeness (QED) is 0.734. The van der Waals surface area contributed by atoms with E-state index in [0.717, 1.165) is 11.1 Å². The van der Waals surface area contributed by atoms with Crippen molar-refractivity contribution in [3.05, 3.63) is 53.6 Å². The number of phenols is 1. The van der Waals surface area contributed by atoms with Gasteiger partial charge in [0.2, 0.25) is 5.91 Å². The molecule has 0 saturated carbocycles. The molecule has 1 amide bonds. The average molecular weight is 286 g/mol. The highest BCUT2D eigenvalue weighted by atomic mass is 16.5. The molecule has 0 heterocycles. The Balaban J connectivity index is 2.08. The van der Waals surface area contributed by atoms with Gasteiger partial charge in [-0.25, -0.2) is 0 Å². The third-order valence-corrected chi connectivity index (χ3v) is 3.17. The Bertz CT molecular complexity index is 641.